The van der Waals surface area contributed by atoms with Crippen molar-refractivity contribution in [2.24, 2.45) is 5.41 Å². The van der Waals surface area contributed by atoms with Gasteiger partial charge in [-0.25, -0.2) is 0 Å². The van der Waals surface area contributed by atoms with Crippen LogP contribution in [0.25, 0.3) is 0 Å². The molecule has 1 aliphatic carbocycles. The Balaban J connectivity index is 2.35. The van der Waals surface area contributed by atoms with Crippen molar-refractivity contribution in [3.63, 3.8) is 0 Å². The van der Waals surface area contributed by atoms with Gasteiger partial charge in [-0.1, -0.05) is 27.7 Å². The van der Waals surface area contributed by atoms with E-state index in [9.17, 15) is 0 Å². The maximum atomic E-state index is 3.54. The van der Waals surface area contributed by atoms with Crippen molar-refractivity contribution in [1.29, 1.82) is 0 Å². The summed E-state index contributed by atoms with van der Waals surface area (Å²) in [4.78, 5) is 2.59. The van der Waals surface area contributed by atoms with Gasteiger partial charge in [-0.2, -0.15) is 0 Å². The van der Waals surface area contributed by atoms with Gasteiger partial charge in [-0.3, -0.25) is 4.90 Å². The van der Waals surface area contributed by atoms with Gasteiger partial charge in [0.25, 0.3) is 0 Å². The van der Waals surface area contributed by atoms with Crippen LogP contribution in [0.3, 0.4) is 0 Å². The van der Waals surface area contributed by atoms with Crippen LogP contribution in [0.2, 0.25) is 0 Å². The van der Waals surface area contributed by atoms with Gasteiger partial charge in [-0.05, 0) is 45.1 Å². The second-order valence-electron chi connectivity index (χ2n) is 6.97. The Morgan fingerprint density at radius 2 is 1.71 bits per heavy atom. The topological polar surface area (TPSA) is 15.3 Å². The zero-order chi connectivity index (χ0) is 13.1. The van der Waals surface area contributed by atoms with Crippen molar-refractivity contribution in [3.8, 4) is 0 Å². The third-order valence-electron chi connectivity index (χ3n) is 4.40. The molecule has 0 aromatic heterocycles. The highest BCUT2D eigenvalue weighted by Crippen LogP contribution is 2.36. The maximum absolute atomic E-state index is 3.54. The summed E-state index contributed by atoms with van der Waals surface area (Å²) in [7, 11) is 2.30. The van der Waals surface area contributed by atoms with E-state index in [1.807, 2.05) is 0 Å². The van der Waals surface area contributed by atoms with Crippen LogP contribution in [0.15, 0.2) is 0 Å². The number of nitrogens with one attached hydrogen (secondary N) is 1. The second kappa shape index (κ2) is 6.19. The smallest absolute Gasteiger partial charge is 0.0192 e. The zero-order valence-corrected chi connectivity index (χ0v) is 12.7. The lowest BCUT2D eigenvalue weighted by Crippen LogP contribution is -2.46. The molecule has 1 rings (SSSR count). The minimum Gasteiger partial charge on any atom is -0.313 e. The molecule has 1 N–H and O–H groups in total. The molecule has 0 spiro atoms. The number of hydrogen-bond donors (Lipinski definition) is 1. The van der Waals surface area contributed by atoms with E-state index in [1.165, 1.54) is 25.7 Å². The van der Waals surface area contributed by atoms with E-state index in [0.717, 1.165) is 12.6 Å². The Morgan fingerprint density at radius 1 is 1.18 bits per heavy atom. The average molecular weight is 240 g/mol. The molecule has 0 aromatic rings. The fraction of sp³-hybridized carbons (Fsp3) is 1.00. The van der Waals surface area contributed by atoms with E-state index in [4.69, 9.17) is 0 Å². The molecule has 1 unspecified atom stereocenters. The predicted molar refractivity (Wildman–Crippen MR) is 76.4 cm³/mol. The minimum atomic E-state index is 0.580. The Kier molecular flexibility index (Phi) is 5.46. The zero-order valence-electron chi connectivity index (χ0n) is 12.7. The average Bonchev–Trinajstić information content (AvgIpc) is 2.25. The minimum absolute atomic E-state index is 0.580. The SMILES string of the molecule is CC(C)NCC(C)N(C)C1CCC(C)(C)CC1. The third kappa shape index (κ3) is 4.97. The van der Waals surface area contributed by atoms with Gasteiger partial charge in [-0.15, -0.1) is 0 Å². The highest BCUT2D eigenvalue weighted by atomic mass is 15.2. The van der Waals surface area contributed by atoms with Gasteiger partial charge < -0.3 is 5.32 Å². The molecule has 17 heavy (non-hydrogen) atoms. The summed E-state index contributed by atoms with van der Waals surface area (Å²) in [6.45, 7) is 12.7. The predicted octanol–water partition coefficient (Wildman–Crippen LogP) is 3.27. The molecule has 0 heterocycles. The van der Waals surface area contributed by atoms with Crippen molar-refractivity contribution in [2.75, 3.05) is 13.6 Å². The van der Waals surface area contributed by atoms with Crippen molar-refractivity contribution >= 4 is 0 Å². The van der Waals surface area contributed by atoms with Crippen molar-refractivity contribution < 1.29 is 0 Å². The molecule has 0 bridgehead atoms. The number of likely N-dealkylation sites (N-methyl/N-ethyl adjacent to an activating group) is 1. The molecule has 0 aliphatic heterocycles. The van der Waals surface area contributed by atoms with Crippen LogP contribution in [0.1, 0.15) is 60.3 Å². The highest BCUT2D eigenvalue weighted by Gasteiger charge is 2.30. The fourth-order valence-corrected chi connectivity index (χ4v) is 2.70. The monoisotopic (exact) mass is 240 g/mol. The van der Waals surface area contributed by atoms with E-state index < -0.39 is 0 Å². The number of nitrogens with zero attached hydrogens (tertiary/aromatic N) is 1. The number of rotatable bonds is 5. The molecule has 0 saturated heterocycles. The lowest BCUT2D eigenvalue weighted by molar-refractivity contribution is 0.0989. The van der Waals surface area contributed by atoms with Crippen molar-refractivity contribution in [2.45, 2.75) is 78.4 Å². The van der Waals surface area contributed by atoms with Gasteiger partial charge in [0, 0.05) is 24.7 Å². The van der Waals surface area contributed by atoms with E-state index in [2.05, 4.69) is 51.9 Å². The Morgan fingerprint density at radius 3 is 2.18 bits per heavy atom. The molecule has 0 amide bonds. The largest absolute Gasteiger partial charge is 0.313 e. The summed E-state index contributed by atoms with van der Waals surface area (Å²) in [5.74, 6) is 0. The van der Waals surface area contributed by atoms with Crippen LogP contribution in [0.4, 0.5) is 0 Å². The molecular weight excluding hydrogens is 208 g/mol. The van der Waals surface area contributed by atoms with E-state index >= 15 is 0 Å². The summed E-state index contributed by atoms with van der Waals surface area (Å²) in [5.41, 5.74) is 0.580. The molecular formula is C15H32N2. The highest BCUT2D eigenvalue weighted by molar-refractivity contribution is 4.85. The molecule has 1 saturated carbocycles. The van der Waals surface area contributed by atoms with Gasteiger partial charge in [0.2, 0.25) is 0 Å². The molecule has 2 heteroatoms. The molecule has 1 aliphatic rings. The van der Waals surface area contributed by atoms with Gasteiger partial charge in [0.1, 0.15) is 0 Å². The summed E-state index contributed by atoms with van der Waals surface area (Å²) >= 11 is 0. The van der Waals surface area contributed by atoms with Crippen LogP contribution in [-0.4, -0.2) is 36.6 Å². The summed E-state index contributed by atoms with van der Waals surface area (Å²) in [5, 5.41) is 3.54. The Bertz CT molecular complexity index is 213. The van der Waals surface area contributed by atoms with E-state index in [-0.39, 0.29) is 0 Å². The van der Waals surface area contributed by atoms with E-state index in [0.29, 0.717) is 17.5 Å². The van der Waals surface area contributed by atoms with Crippen LogP contribution in [-0.2, 0) is 0 Å². The molecule has 1 atom stereocenters. The maximum Gasteiger partial charge on any atom is 0.0192 e. The van der Waals surface area contributed by atoms with Crippen LogP contribution in [0, 0.1) is 5.41 Å². The van der Waals surface area contributed by atoms with E-state index in [1.54, 1.807) is 0 Å². The third-order valence-corrected chi connectivity index (χ3v) is 4.40. The van der Waals surface area contributed by atoms with Crippen molar-refractivity contribution in [1.82, 2.24) is 10.2 Å². The molecule has 2 nitrogen and oxygen atoms in total. The lowest BCUT2D eigenvalue weighted by Gasteiger charge is -2.41. The summed E-state index contributed by atoms with van der Waals surface area (Å²) in [6, 6.07) is 2.03. The van der Waals surface area contributed by atoms with Gasteiger partial charge in [0.15, 0.2) is 0 Å². The van der Waals surface area contributed by atoms with Crippen LogP contribution in [0.5, 0.6) is 0 Å². The van der Waals surface area contributed by atoms with Crippen LogP contribution < -0.4 is 5.32 Å². The van der Waals surface area contributed by atoms with Gasteiger partial charge in [0.05, 0.1) is 0 Å². The Labute approximate surface area is 108 Å². The standard InChI is InChI=1S/C15H32N2/c1-12(2)16-11-13(3)17(6)14-7-9-15(4,5)10-8-14/h12-14,16H,7-11H2,1-6H3. The first-order valence-electron chi connectivity index (χ1n) is 7.27. The van der Waals surface area contributed by atoms with Crippen LogP contribution >= 0.6 is 0 Å². The fourth-order valence-electron chi connectivity index (χ4n) is 2.70. The summed E-state index contributed by atoms with van der Waals surface area (Å²) < 4.78 is 0. The number of hydrogen-bond acceptors (Lipinski definition) is 2. The van der Waals surface area contributed by atoms with Crippen molar-refractivity contribution in [3.05, 3.63) is 0 Å². The van der Waals surface area contributed by atoms with Gasteiger partial charge >= 0.3 is 0 Å². The summed E-state index contributed by atoms with van der Waals surface area (Å²) in [6.07, 6.45) is 5.50. The Hall–Kier alpha value is -0.0800. The molecule has 1 fully saturated rings. The molecule has 0 aromatic carbocycles. The molecule has 102 valence electrons. The first-order chi connectivity index (χ1) is 7.82. The second-order valence-corrected chi connectivity index (χ2v) is 6.97. The quantitative estimate of drug-likeness (QED) is 0.793. The normalized spacial score (nSPS) is 23.3. The lowest BCUT2D eigenvalue weighted by atomic mass is 9.75. The first kappa shape index (κ1) is 15.0. The first-order valence-corrected chi connectivity index (χ1v) is 7.27. The molecule has 0 radical (unpaired) electrons.